The van der Waals surface area contributed by atoms with E-state index < -0.39 is 0 Å². The van der Waals surface area contributed by atoms with Crippen LogP contribution in [0.1, 0.15) is 37.7 Å². The van der Waals surface area contributed by atoms with Crippen LogP contribution in [0, 0.1) is 0 Å². The summed E-state index contributed by atoms with van der Waals surface area (Å²) in [6.45, 7) is 1.72. The molecule has 3 nitrogen and oxygen atoms in total. The van der Waals surface area contributed by atoms with Crippen LogP contribution in [0.2, 0.25) is 0 Å². The largest absolute Gasteiger partial charge is 0.497 e. The maximum atomic E-state index is 6.08. The Hall–Kier alpha value is -1.06. The summed E-state index contributed by atoms with van der Waals surface area (Å²) in [5.41, 5.74) is 7.60. The summed E-state index contributed by atoms with van der Waals surface area (Å²) in [7, 11) is 3.91. The van der Waals surface area contributed by atoms with E-state index in [1.54, 1.807) is 7.11 Å². The van der Waals surface area contributed by atoms with E-state index in [1.807, 2.05) is 12.1 Å². The first kappa shape index (κ1) is 14.4. The van der Waals surface area contributed by atoms with E-state index in [4.69, 9.17) is 10.5 Å². The first-order valence-electron chi connectivity index (χ1n) is 7.24. The van der Waals surface area contributed by atoms with Crippen LogP contribution in [0.25, 0.3) is 0 Å². The Morgan fingerprint density at radius 2 is 1.79 bits per heavy atom. The second kappa shape index (κ2) is 6.40. The minimum Gasteiger partial charge on any atom is -0.497 e. The highest BCUT2D eigenvalue weighted by atomic mass is 16.5. The van der Waals surface area contributed by atoms with Crippen LogP contribution in [-0.2, 0) is 6.54 Å². The summed E-state index contributed by atoms with van der Waals surface area (Å²) < 4.78 is 5.20. The van der Waals surface area contributed by atoms with Crippen molar-refractivity contribution in [2.24, 2.45) is 5.73 Å². The summed E-state index contributed by atoms with van der Waals surface area (Å²) in [4.78, 5) is 2.45. The molecule has 1 aromatic carbocycles. The highest BCUT2D eigenvalue weighted by molar-refractivity contribution is 5.27. The van der Waals surface area contributed by atoms with Gasteiger partial charge in [-0.05, 0) is 37.6 Å². The van der Waals surface area contributed by atoms with Crippen LogP contribution in [-0.4, -0.2) is 31.1 Å². The van der Waals surface area contributed by atoms with Crippen LogP contribution >= 0.6 is 0 Å². The number of benzene rings is 1. The van der Waals surface area contributed by atoms with Gasteiger partial charge in [0.05, 0.1) is 7.11 Å². The fourth-order valence-corrected chi connectivity index (χ4v) is 3.12. The zero-order valence-corrected chi connectivity index (χ0v) is 12.2. The van der Waals surface area contributed by atoms with Crippen molar-refractivity contribution in [1.82, 2.24) is 4.90 Å². The predicted octanol–water partition coefficient (Wildman–Crippen LogP) is 2.79. The molecule has 1 aliphatic rings. The molecule has 0 radical (unpaired) electrons. The number of rotatable bonds is 5. The van der Waals surface area contributed by atoms with Gasteiger partial charge in [0.15, 0.2) is 0 Å². The number of methoxy groups -OCH3 is 1. The molecule has 1 saturated carbocycles. The van der Waals surface area contributed by atoms with Crippen molar-refractivity contribution in [2.45, 2.75) is 44.2 Å². The Labute approximate surface area is 116 Å². The molecule has 1 aromatic rings. The zero-order valence-electron chi connectivity index (χ0n) is 12.2. The maximum absolute atomic E-state index is 6.08. The molecule has 0 saturated heterocycles. The van der Waals surface area contributed by atoms with Crippen molar-refractivity contribution in [3.8, 4) is 5.75 Å². The standard InChI is InChI=1S/C16H26N2O/c1-18(16(13-17)10-4-3-5-11-16)12-14-6-8-15(19-2)9-7-14/h6-9H,3-5,10-13,17H2,1-2H3. The van der Waals surface area contributed by atoms with Gasteiger partial charge in [-0.2, -0.15) is 0 Å². The van der Waals surface area contributed by atoms with Gasteiger partial charge >= 0.3 is 0 Å². The minimum atomic E-state index is 0.207. The van der Waals surface area contributed by atoms with Crippen molar-refractivity contribution >= 4 is 0 Å². The summed E-state index contributed by atoms with van der Waals surface area (Å²) in [6.07, 6.45) is 6.44. The van der Waals surface area contributed by atoms with Crippen LogP contribution in [0.15, 0.2) is 24.3 Å². The van der Waals surface area contributed by atoms with Gasteiger partial charge in [0.1, 0.15) is 5.75 Å². The van der Waals surface area contributed by atoms with E-state index in [0.717, 1.165) is 18.8 Å². The Balaban J connectivity index is 2.03. The summed E-state index contributed by atoms with van der Waals surface area (Å²) >= 11 is 0. The average Bonchev–Trinajstić information content (AvgIpc) is 2.48. The average molecular weight is 262 g/mol. The van der Waals surface area contributed by atoms with E-state index in [-0.39, 0.29) is 5.54 Å². The first-order valence-corrected chi connectivity index (χ1v) is 7.24. The monoisotopic (exact) mass is 262 g/mol. The molecule has 1 aliphatic carbocycles. The van der Waals surface area contributed by atoms with Crippen LogP contribution in [0.3, 0.4) is 0 Å². The Morgan fingerprint density at radius 3 is 2.32 bits per heavy atom. The molecule has 2 N–H and O–H groups in total. The van der Waals surface area contributed by atoms with Crippen molar-refractivity contribution in [3.63, 3.8) is 0 Å². The minimum absolute atomic E-state index is 0.207. The molecule has 0 spiro atoms. The molecule has 0 heterocycles. The molecule has 0 unspecified atom stereocenters. The Bertz CT molecular complexity index is 382. The van der Waals surface area contributed by atoms with E-state index in [2.05, 4.69) is 24.1 Å². The van der Waals surface area contributed by atoms with Crippen LogP contribution < -0.4 is 10.5 Å². The molecule has 0 bridgehead atoms. The highest BCUT2D eigenvalue weighted by Gasteiger charge is 2.34. The van der Waals surface area contributed by atoms with E-state index >= 15 is 0 Å². The van der Waals surface area contributed by atoms with Gasteiger partial charge in [-0.25, -0.2) is 0 Å². The molecule has 2 rings (SSSR count). The third kappa shape index (κ3) is 3.28. The first-order chi connectivity index (χ1) is 9.20. The fraction of sp³-hybridized carbons (Fsp3) is 0.625. The number of nitrogens with zero attached hydrogens (tertiary/aromatic N) is 1. The Kier molecular flexibility index (Phi) is 4.83. The lowest BCUT2D eigenvalue weighted by Crippen LogP contribution is -2.52. The normalized spacial score (nSPS) is 18.5. The lowest BCUT2D eigenvalue weighted by molar-refractivity contribution is 0.0758. The zero-order chi connectivity index (χ0) is 13.7. The third-order valence-electron chi connectivity index (χ3n) is 4.55. The number of hydrogen-bond acceptors (Lipinski definition) is 3. The number of ether oxygens (including phenoxy) is 1. The lowest BCUT2D eigenvalue weighted by atomic mass is 9.80. The second-order valence-electron chi connectivity index (χ2n) is 5.69. The smallest absolute Gasteiger partial charge is 0.118 e. The van der Waals surface area contributed by atoms with Gasteiger partial charge < -0.3 is 10.5 Å². The fourth-order valence-electron chi connectivity index (χ4n) is 3.12. The number of likely N-dealkylation sites (N-methyl/N-ethyl adjacent to an activating group) is 1. The second-order valence-corrected chi connectivity index (χ2v) is 5.69. The van der Waals surface area contributed by atoms with Gasteiger partial charge in [0.25, 0.3) is 0 Å². The van der Waals surface area contributed by atoms with Crippen molar-refractivity contribution in [1.29, 1.82) is 0 Å². The molecule has 106 valence electrons. The topological polar surface area (TPSA) is 38.5 Å². The van der Waals surface area contributed by atoms with Gasteiger partial charge in [-0.3, -0.25) is 4.90 Å². The van der Waals surface area contributed by atoms with Gasteiger partial charge in [0, 0.05) is 18.6 Å². The lowest BCUT2D eigenvalue weighted by Gasteiger charge is -2.44. The molecular formula is C16H26N2O. The van der Waals surface area contributed by atoms with Gasteiger partial charge in [-0.1, -0.05) is 31.4 Å². The number of nitrogens with two attached hydrogens (primary N) is 1. The van der Waals surface area contributed by atoms with E-state index in [9.17, 15) is 0 Å². The quantitative estimate of drug-likeness (QED) is 0.887. The molecule has 0 amide bonds. The summed E-state index contributed by atoms with van der Waals surface area (Å²) in [5, 5.41) is 0. The molecule has 0 atom stereocenters. The van der Waals surface area contributed by atoms with E-state index in [0.29, 0.717) is 0 Å². The third-order valence-corrected chi connectivity index (χ3v) is 4.55. The summed E-state index contributed by atoms with van der Waals surface area (Å²) in [5.74, 6) is 0.914. The van der Waals surface area contributed by atoms with Crippen LogP contribution in [0.4, 0.5) is 0 Å². The predicted molar refractivity (Wildman–Crippen MR) is 79.3 cm³/mol. The molecule has 0 aliphatic heterocycles. The van der Waals surface area contributed by atoms with E-state index in [1.165, 1.54) is 37.7 Å². The summed E-state index contributed by atoms with van der Waals surface area (Å²) in [6, 6.07) is 8.34. The van der Waals surface area contributed by atoms with Crippen molar-refractivity contribution in [3.05, 3.63) is 29.8 Å². The van der Waals surface area contributed by atoms with Crippen molar-refractivity contribution in [2.75, 3.05) is 20.7 Å². The highest BCUT2D eigenvalue weighted by Crippen LogP contribution is 2.33. The molecule has 19 heavy (non-hydrogen) atoms. The van der Waals surface area contributed by atoms with Crippen LogP contribution in [0.5, 0.6) is 5.75 Å². The molecular weight excluding hydrogens is 236 g/mol. The molecule has 0 aromatic heterocycles. The molecule has 1 fully saturated rings. The van der Waals surface area contributed by atoms with Gasteiger partial charge in [-0.15, -0.1) is 0 Å². The number of hydrogen-bond donors (Lipinski definition) is 1. The van der Waals surface area contributed by atoms with Gasteiger partial charge in [0.2, 0.25) is 0 Å². The maximum Gasteiger partial charge on any atom is 0.118 e. The van der Waals surface area contributed by atoms with Crippen molar-refractivity contribution < 1.29 is 4.74 Å². The SMILES string of the molecule is COc1ccc(CN(C)C2(CN)CCCCC2)cc1. The molecule has 3 heteroatoms. The Morgan fingerprint density at radius 1 is 1.16 bits per heavy atom.